The highest BCUT2D eigenvalue weighted by Crippen LogP contribution is 2.34. The van der Waals surface area contributed by atoms with Crippen LogP contribution in [0.3, 0.4) is 0 Å². The molecule has 0 saturated carbocycles. The summed E-state index contributed by atoms with van der Waals surface area (Å²) >= 11 is 0. The molecular formula is C10H9NO5. The summed E-state index contributed by atoms with van der Waals surface area (Å²) in [5, 5.41) is 8.89. The Labute approximate surface area is 91.1 Å². The molecule has 0 spiro atoms. The molecule has 6 heteroatoms. The number of carbonyl (C=O) groups is 1. The van der Waals surface area contributed by atoms with E-state index < -0.39 is 5.97 Å². The quantitative estimate of drug-likeness (QED) is 0.615. The smallest absolute Gasteiger partial charge is 0.338 e. The van der Waals surface area contributed by atoms with Crippen LogP contribution in [0.5, 0.6) is 11.5 Å². The van der Waals surface area contributed by atoms with Crippen LogP contribution < -0.4 is 9.47 Å². The van der Waals surface area contributed by atoms with Gasteiger partial charge in [-0.3, -0.25) is 0 Å². The fourth-order valence-electron chi connectivity index (χ4n) is 1.18. The Morgan fingerprint density at radius 2 is 1.88 bits per heavy atom. The minimum atomic E-state index is -1.21. The number of carboxylic acids is 1. The summed E-state index contributed by atoms with van der Waals surface area (Å²) in [7, 11) is 2.78. The van der Waals surface area contributed by atoms with Crippen LogP contribution >= 0.6 is 0 Å². The number of nitrogens with zero attached hydrogens (tertiary/aromatic N) is 1. The predicted octanol–water partition coefficient (Wildman–Crippen LogP) is 1.37. The van der Waals surface area contributed by atoms with Crippen molar-refractivity contribution in [3.63, 3.8) is 0 Å². The first-order chi connectivity index (χ1) is 7.63. The van der Waals surface area contributed by atoms with Gasteiger partial charge in [-0.05, 0) is 0 Å². The lowest BCUT2D eigenvalue weighted by Crippen LogP contribution is -1.99. The average Bonchev–Trinajstić information content (AvgIpc) is 2.28. The third-order valence-electron chi connectivity index (χ3n) is 1.90. The lowest BCUT2D eigenvalue weighted by molar-refractivity contribution is 0.0697. The summed E-state index contributed by atoms with van der Waals surface area (Å²) in [6.45, 7) is 0. The third kappa shape index (κ3) is 2.18. The molecule has 1 aromatic carbocycles. The maximum Gasteiger partial charge on any atom is 0.338 e. The number of rotatable bonds is 4. The van der Waals surface area contributed by atoms with E-state index in [1.54, 1.807) is 0 Å². The maximum atomic E-state index is 10.9. The van der Waals surface area contributed by atoms with Crippen LogP contribution in [-0.2, 0) is 4.79 Å². The van der Waals surface area contributed by atoms with Crippen molar-refractivity contribution in [2.45, 2.75) is 0 Å². The van der Waals surface area contributed by atoms with Crippen LogP contribution in [0.1, 0.15) is 10.4 Å². The Balaban J connectivity index is 3.46. The number of benzene rings is 1. The van der Waals surface area contributed by atoms with E-state index in [0.717, 1.165) is 0 Å². The van der Waals surface area contributed by atoms with Gasteiger partial charge in [0.25, 0.3) is 0 Å². The van der Waals surface area contributed by atoms with E-state index >= 15 is 0 Å². The molecule has 0 amide bonds. The molecule has 0 bridgehead atoms. The number of isocyanates is 1. The lowest BCUT2D eigenvalue weighted by atomic mass is 10.1. The molecule has 0 atom stereocenters. The van der Waals surface area contributed by atoms with Gasteiger partial charge in [-0.2, -0.15) is 4.99 Å². The monoisotopic (exact) mass is 223 g/mol. The Morgan fingerprint density at radius 3 is 2.31 bits per heavy atom. The molecule has 0 aliphatic carbocycles. The zero-order chi connectivity index (χ0) is 12.1. The first-order valence-electron chi connectivity index (χ1n) is 4.21. The van der Waals surface area contributed by atoms with Crippen LogP contribution in [0.25, 0.3) is 0 Å². The van der Waals surface area contributed by atoms with E-state index in [4.69, 9.17) is 14.6 Å². The van der Waals surface area contributed by atoms with Gasteiger partial charge in [0.2, 0.25) is 6.08 Å². The number of methoxy groups -OCH3 is 2. The third-order valence-corrected chi connectivity index (χ3v) is 1.90. The zero-order valence-corrected chi connectivity index (χ0v) is 8.68. The highest BCUT2D eigenvalue weighted by molar-refractivity contribution is 5.95. The van der Waals surface area contributed by atoms with Crippen molar-refractivity contribution < 1.29 is 24.2 Å². The van der Waals surface area contributed by atoms with Crippen molar-refractivity contribution >= 4 is 17.7 Å². The molecule has 0 radical (unpaired) electrons. The highest BCUT2D eigenvalue weighted by Gasteiger charge is 2.15. The molecule has 6 nitrogen and oxygen atoms in total. The Bertz CT molecular complexity index is 434. The summed E-state index contributed by atoms with van der Waals surface area (Å²) in [6, 6.07) is 2.53. The number of carbonyl (C=O) groups excluding carboxylic acids is 1. The molecule has 16 heavy (non-hydrogen) atoms. The van der Waals surface area contributed by atoms with Crippen molar-refractivity contribution in [3.8, 4) is 11.5 Å². The summed E-state index contributed by atoms with van der Waals surface area (Å²) in [5.41, 5.74) is -0.179. The maximum absolute atomic E-state index is 10.9. The number of aromatic carboxylic acids is 1. The predicted molar refractivity (Wildman–Crippen MR) is 54.3 cm³/mol. The second-order valence-electron chi connectivity index (χ2n) is 2.73. The minimum absolute atomic E-state index is 0.0276. The first-order valence-corrected chi connectivity index (χ1v) is 4.21. The molecule has 0 unspecified atom stereocenters. The van der Waals surface area contributed by atoms with Crippen molar-refractivity contribution in [3.05, 3.63) is 17.7 Å². The summed E-state index contributed by atoms with van der Waals surface area (Å²) in [5.74, 6) is -0.666. The van der Waals surface area contributed by atoms with Gasteiger partial charge in [0, 0.05) is 12.1 Å². The van der Waals surface area contributed by atoms with Gasteiger partial charge in [-0.25, -0.2) is 9.59 Å². The Morgan fingerprint density at radius 1 is 1.31 bits per heavy atom. The van der Waals surface area contributed by atoms with Crippen molar-refractivity contribution in [1.29, 1.82) is 0 Å². The van der Waals surface area contributed by atoms with Gasteiger partial charge < -0.3 is 14.6 Å². The summed E-state index contributed by atoms with van der Waals surface area (Å²) in [6.07, 6.45) is 1.28. The SMILES string of the molecule is COc1cc(N=C=O)c(C(=O)O)cc1OC. The largest absolute Gasteiger partial charge is 0.493 e. The first kappa shape index (κ1) is 11.7. The molecule has 0 aliphatic heterocycles. The molecule has 0 saturated heterocycles. The minimum Gasteiger partial charge on any atom is -0.493 e. The fourth-order valence-corrected chi connectivity index (χ4v) is 1.18. The van der Waals surface area contributed by atoms with Crippen molar-refractivity contribution in [2.24, 2.45) is 4.99 Å². The standard InChI is InChI=1S/C10H9NO5/c1-15-8-3-6(10(13)14)7(11-5-12)4-9(8)16-2/h3-4H,1-2H3,(H,13,14). The van der Waals surface area contributed by atoms with E-state index in [1.807, 2.05) is 0 Å². The second-order valence-corrected chi connectivity index (χ2v) is 2.73. The number of carboxylic acid groups (broad SMARTS) is 1. The van der Waals surface area contributed by atoms with Gasteiger partial charge in [0.05, 0.1) is 25.5 Å². The highest BCUT2D eigenvalue weighted by atomic mass is 16.5. The van der Waals surface area contributed by atoms with Gasteiger partial charge in [-0.1, -0.05) is 0 Å². The number of hydrogen-bond acceptors (Lipinski definition) is 5. The van der Waals surface area contributed by atoms with Gasteiger partial charge in [-0.15, -0.1) is 0 Å². The second kappa shape index (κ2) is 4.95. The van der Waals surface area contributed by atoms with Crippen LogP contribution in [0.15, 0.2) is 17.1 Å². The van der Waals surface area contributed by atoms with Gasteiger partial charge >= 0.3 is 5.97 Å². The Hall–Kier alpha value is -2.33. The normalized spacial score (nSPS) is 9.12. The topological polar surface area (TPSA) is 85.2 Å². The molecule has 1 N–H and O–H groups in total. The number of aliphatic imine (C=N–C) groups is 1. The van der Waals surface area contributed by atoms with E-state index in [-0.39, 0.29) is 17.0 Å². The summed E-state index contributed by atoms with van der Waals surface area (Å²) in [4.78, 5) is 24.3. The lowest BCUT2D eigenvalue weighted by Gasteiger charge is -2.09. The van der Waals surface area contributed by atoms with Crippen LogP contribution in [-0.4, -0.2) is 31.4 Å². The molecular weight excluding hydrogens is 214 g/mol. The van der Waals surface area contributed by atoms with E-state index in [0.29, 0.717) is 5.75 Å². The number of hydrogen-bond donors (Lipinski definition) is 1. The van der Waals surface area contributed by atoms with E-state index in [9.17, 15) is 9.59 Å². The van der Waals surface area contributed by atoms with Crippen molar-refractivity contribution in [1.82, 2.24) is 0 Å². The molecule has 1 rings (SSSR count). The number of ether oxygens (including phenoxy) is 2. The molecule has 84 valence electrons. The molecule has 0 heterocycles. The van der Waals surface area contributed by atoms with Crippen molar-refractivity contribution in [2.75, 3.05) is 14.2 Å². The van der Waals surface area contributed by atoms with Crippen LogP contribution in [0.2, 0.25) is 0 Å². The molecule has 0 aromatic heterocycles. The van der Waals surface area contributed by atoms with Crippen LogP contribution in [0, 0.1) is 0 Å². The van der Waals surface area contributed by atoms with E-state index in [2.05, 4.69) is 4.99 Å². The average molecular weight is 223 g/mol. The van der Waals surface area contributed by atoms with Crippen LogP contribution in [0.4, 0.5) is 5.69 Å². The molecule has 0 aliphatic rings. The Kier molecular flexibility index (Phi) is 3.63. The molecule has 0 fully saturated rings. The van der Waals surface area contributed by atoms with Gasteiger partial charge in [0.1, 0.15) is 0 Å². The molecule has 1 aromatic rings. The van der Waals surface area contributed by atoms with E-state index in [1.165, 1.54) is 32.4 Å². The zero-order valence-electron chi connectivity index (χ0n) is 8.68. The summed E-state index contributed by atoms with van der Waals surface area (Å²) < 4.78 is 9.88. The van der Waals surface area contributed by atoms with Gasteiger partial charge in [0.15, 0.2) is 11.5 Å². The fraction of sp³-hybridized carbons (Fsp3) is 0.200.